The molecule has 1 aromatic carbocycles. The third-order valence-corrected chi connectivity index (χ3v) is 2.82. The second kappa shape index (κ2) is 5.52. The van der Waals surface area contributed by atoms with Gasteiger partial charge >= 0.3 is 0 Å². The molecule has 0 saturated carbocycles. The molecule has 0 atom stereocenters. The molecule has 4 nitrogen and oxygen atoms in total. The summed E-state index contributed by atoms with van der Waals surface area (Å²) in [5.74, 6) is 0.295. The maximum Gasteiger partial charge on any atom is 0.156 e. The van der Waals surface area contributed by atoms with Crippen LogP contribution in [-0.2, 0) is 0 Å². The molecule has 0 aliphatic rings. The summed E-state index contributed by atoms with van der Waals surface area (Å²) in [4.78, 5) is 18.6. The Morgan fingerprint density at radius 1 is 1.06 bits per heavy atom. The summed E-state index contributed by atoms with van der Waals surface area (Å²) in [5, 5.41) is 3.93. The molecule has 18 heavy (non-hydrogen) atoms. The first-order valence-corrected chi connectivity index (χ1v) is 5.92. The van der Waals surface area contributed by atoms with Crippen LogP contribution in [-0.4, -0.2) is 16.3 Å². The van der Waals surface area contributed by atoms with Gasteiger partial charge in [0.05, 0.1) is 5.56 Å². The Morgan fingerprint density at radius 3 is 2.33 bits per heavy atom. The van der Waals surface area contributed by atoms with Crippen LogP contribution in [0.3, 0.4) is 0 Å². The normalized spacial score (nSPS) is 10.2. The topological polar surface area (TPSA) is 54.9 Å². The molecule has 7 heteroatoms. The van der Waals surface area contributed by atoms with E-state index < -0.39 is 0 Å². The molecule has 1 heterocycles. The van der Waals surface area contributed by atoms with Gasteiger partial charge in [0.1, 0.15) is 17.3 Å². The fourth-order valence-corrected chi connectivity index (χ4v) is 2.04. The third kappa shape index (κ3) is 2.90. The van der Waals surface area contributed by atoms with Gasteiger partial charge in [0, 0.05) is 15.7 Å². The lowest BCUT2D eigenvalue weighted by Gasteiger charge is -2.08. The van der Waals surface area contributed by atoms with E-state index in [0.29, 0.717) is 27.8 Å². The number of nitrogens with zero attached hydrogens (tertiary/aromatic N) is 2. The van der Waals surface area contributed by atoms with Crippen molar-refractivity contribution in [3.63, 3.8) is 0 Å². The van der Waals surface area contributed by atoms with Gasteiger partial charge in [0.2, 0.25) is 0 Å². The summed E-state index contributed by atoms with van der Waals surface area (Å²) < 4.78 is 0. The molecule has 0 fully saturated rings. The van der Waals surface area contributed by atoms with Crippen molar-refractivity contribution in [3.8, 4) is 0 Å². The SMILES string of the molecule is O=Cc1c(Cl)ncnc1Nc1cc(Cl)cc(Cl)c1. The van der Waals surface area contributed by atoms with Crippen LogP contribution >= 0.6 is 34.8 Å². The second-order valence-corrected chi connectivity index (χ2v) is 4.56. The maximum absolute atomic E-state index is 10.9. The molecular weight excluding hydrogens is 297 g/mol. The van der Waals surface area contributed by atoms with Crippen LogP contribution in [0.5, 0.6) is 0 Å². The number of rotatable bonds is 3. The molecular formula is C11H6Cl3N3O. The van der Waals surface area contributed by atoms with E-state index in [4.69, 9.17) is 34.8 Å². The highest BCUT2D eigenvalue weighted by Gasteiger charge is 2.09. The van der Waals surface area contributed by atoms with Gasteiger partial charge in [-0.15, -0.1) is 0 Å². The standard InChI is InChI=1S/C11H6Cl3N3O/c12-6-1-7(13)3-8(2-6)17-11-9(4-18)10(14)15-5-16-11/h1-5H,(H,15,16,17). The van der Waals surface area contributed by atoms with Crippen molar-refractivity contribution in [3.05, 3.63) is 45.3 Å². The van der Waals surface area contributed by atoms with Crippen molar-refractivity contribution < 1.29 is 4.79 Å². The number of carbonyl (C=O) groups excluding carboxylic acids is 1. The predicted molar refractivity (Wildman–Crippen MR) is 72.2 cm³/mol. The first-order valence-electron chi connectivity index (χ1n) is 4.79. The average molecular weight is 303 g/mol. The van der Waals surface area contributed by atoms with Crippen LogP contribution in [0, 0.1) is 0 Å². The summed E-state index contributed by atoms with van der Waals surface area (Å²) in [7, 11) is 0. The van der Waals surface area contributed by atoms with E-state index in [2.05, 4.69) is 15.3 Å². The molecule has 1 aromatic heterocycles. The first kappa shape index (κ1) is 13.1. The largest absolute Gasteiger partial charge is 0.339 e. The zero-order valence-electron chi connectivity index (χ0n) is 8.82. The van der Waals surface area contributed by atoms with Crippen molar-refractivity contribution >= 4 is 52.6 Å². The molecule has 0 saturated heterocycles. The van der Waals surface area contributed by atoms with Crippen molar-refractivity contribution in [1.29, 1.82) is 0 Å². The molecule has 0 spiro atoms. The first-order chi connectivity index (χ1) is 8.60. The molecule has 92 valence electrons. The van der Waals surface area contributed by atoms with Gasteiger partial charge in [-0.05, 0) is 18.2 Å². The number of aromatic nitrogens is 2. The summed E-state index contributed by atoms with van der Waals surface area (Å²) in [5.41, 5.74) is 0.778. The zero-order valence-corrected chi connectivity index (χ0v) is 11.1. The molecule has 0 aliphatic carbocycles. The molecule has 1 N–H and O–H groups in total. The van der Waals surface area contributed by atoms with E-state index in [1.807, 2.05) is 0 Å². The van der Waals surface area contributed by atoms with Crippen LogP contribution in [0.25, 0.3) is 0 Å². The fraction of sp³-hybridized carbons (Fsp3) is 0. The number of aldehydes is 1. The van der Waals surface area contributed by atoms with Crippen LogP contribution < -0.4 is 5.32 Å². The van der Waals surface area contributed by atoms with Gasteiger partial charge in [-0.1, -0.05) is 34.8 Å². The Hall–Kier alpha value is -1.36. The van der Waals surface area contributed by atoms with Gasteiger partial charge in [0.15, 0.2) is 6.29 Å². The number of hydrogen-bond acceptors (Lipinski definition) is 4. The number of carbonyl (C=O) groups is 1. The van der Waals surface area contributed by atoms with E-state index in [9.17, 15) is 4.79 Å². The van der Waals surface area contributed by atoms with Gasteiger partial charge in [-0.3, -0.25) is 4.79 Å². The molecule has 0 radical (unpaired) electrons. The third-order valence-electron chi connectivity index (χ3n) is 2.08. The maximum atomic E-state index is 10.9. The fourth-order valence-electron chi connectivity index (χ4n) is 1.34. The highest BCUT2D eigenvalue weighted by atomic mass is 35.5. The van der Waals surface area contributed by atoms with Crippen LogP contribution in [0.2, 0.25) is 15.2 Å². The van der Waals surface area contributed by atoms with E-state index >= 15 is 0 Å². The number of nitrogens with one attached hydrogen (secondary N) is 1. The summed E-state index contributed by atoms with van der Waals surface area (Å²) in [6.07, 6.45) is 1.83. The van der Waals surface area contributed by atoms with Crippen LogP contribution in [0.15, 0.2) is 24.5 Å². The average Bonchev–Trinajstić information content (AvgIpc) is 2.27. The predicted octanol–water partition coefficient (Wildman–Crippen LogP) is 3.99. The van der Waals surface area contributed by atoms with Crippen LogP contribution in [0.4, 0.5) is 11.5 Å². The lowest BCUT2D eigenvalue weighted by molar-refractivity contribution is 0.112. The number of hydrogen-bond donors (Lipinski definition) is 1. The lowest BCUT2D eigenvalue weighted by Crippen LogP contribution is -2.00. The highest BCUT2D eigenvalue weighted by Crippen LogP contribution is 2.26. The Balaban J connectivity index is 2.39. The smallest absolute Gasteiger partial charge is 0.156 e. The molecule has 0 unspecified atom stereocenters. The number of anilines is 2. The Kier molecular flexibility index (Phi) is 4.01. The van der Waals surface area contributed by atoms with E-state index in [0.717, 1.165) is 0 Å². The highest BCUT2D eigenvalue weighted by molar-refractivity contribution is 6.35. The summed E-state index contributed by atoms with van der Waals surface area (Å²) >= 11 is 17.5. The molecule has 2 aromatic rings. The zero-order chi connectivity index (χ0) is 13.1. The van der Waals surface area contributed by atoms with Crippen LogP contribution in [0.1, 0.15) is 10.4 Å². The van der Waals surface area contributed by atoms with Crippen molar-refractivity contribution in [2.45, 2.75) is 0 Å². The molecule has 0 aliphatic heterocycles. The van der Waals surface area contributed by atoms with Gasteiger partial charge < -0.3 is 5.32 Å². The van der Waals surface area contributed by atoms with E-state index in [1.165, 1.54) is 6.33 Å². The minimum absolute atomic E-state index is 0.0793. The van der Waals surface area contributed by atoms with E-state index in [1.54, 1.807) is 18.2 Å². The number of benzene rings is 1. The molecule has 0 amide bonds. The van der Waals surface area contributed by atoms with Gasteiger partial charge in [0.25, 0.3) is 0 Å². The van der Waals surface area contributed by atoms with E-state index in [-0.39, 0.29) is 10.7 Å². The Labute approximate surface area is 118 Å². The lowest BCUT2D eigenvalue weighted by atomic mass is 10.3. The quantitative estimate of drug-likeness (QED) is 0.688. The molecule has 2 rings (SSSR count). The minimum Gasteiger partial charge on any atom is -0.339 e. The van der Waals surface area contributed by atoms with Crippen molar-refractivity contribution in [2.24, 2.45) is 0 Å². The minimum atomic E-state index is 0.0793. The Morgan fingerprint density at radius 2 is 1.72 bits per heavy atom. The monoisotopic (exact) mass is 301 g/mol. The Bertz CT molecular complexity index is 584. The second-order valence-electron chi connectivity index (χ2n) is 3.33. The summed E-state index contributed by atoms with van der Waals surface area (Å²) in [6.45, 7) is 0. The van der Waals surface area contributed by atoms with Crippen molar-refractivity contribution in [1.82, 2.24) is 9.97 Å². The molecule has 0 bridgehead atoms. The summed E-state index contributed by atoms with van der Waals surface area (Å²) in [6, 6.07) is 4.90. The van der Waals surface area contributed by atoms with Gasteiger partial charge in [-0.25, -0.2) is 9.97 Å². The van der Waals surface area contributed by atoms with Gasteiger partial charge in [-0.2, -0.15) is 0 Å². The van der Waals surface area contributed by atoms with Crippen molar-refractivity contribution in [2.75, 3.05) is 5.32 Å². The number of halogens is 3.